The Morgan fingerprint density at radius 1 is 1.24 bits per heavy atom. The lowest BCUT2D eigenvalue weighted by Gasteiger charge is -2.34. The summed E-state index contributed by atoms with van der Waals surface area (Å²) in [5, 5.41) is 0.340. The fraction of sp³-hybridized carbons (Fsp3) is 0.500. The Hall–Kier alpha value is -2.17. The first-order valence-corrected chi connectivity index (χ1v) is 9.15. The van der Waals surface area contributed by atoms with E-state index in [4.69, 9.17) is 0 Å². The van der Waals surface area contributed by atoms with Gasteiger partial charge in [0.15, 0.2) is 11.2 Å². The Kier molecular flexibility index (Phi) is 3.89. The number of ketones is 1. The van der Waals surface area contributed by atoms with Crippen molar-refractivity contribution in [2.24, 2.45) is 0 Å². The van der Waals surface area contributed by atoms with Crippen molar-refractivity contribution in [3.05, 3.63) is 39.4 Å². The van der Waals surface area contributed by atoms with Gasteiger partial charge in [-0.15, -0.1) is 0 Å². The van der Waals surface area contributed by atoms with Gasteiger partial charge in [0, 0.05) is 36.3 Å². The number of anilines is 1. The van der Waals surface area contributed by atoms with Gasteiger partial charge in [-0.05, 0) is 52.0 Å². The number of pyridine rings is 1. The van der Waals surface area contributed by atoms with Gasteiger partial charge in [-0.2, -0.15) is 0 Å². The summed E-state index contributed by atoms with van der Waals surface area (Å²) >= 11 is 0. The van der Waals surface area contributed by atoms with Crippen molar-refractivity contribution in [1.29, 1.82) is 0 Å². The van der Waals surface area contributed by atoms with Crippen molar-refractivity contribution in [2.45, 2.75) is 52.0 Å². The smallest absolute Gasteiger partial charge is 0.200 e. The van der Waals surface area contributed by atoms with E-state index in [2.05, 4.69) is 11.8 Å². The maximum absolute atomic E-state index is 15.0. The Balaban J connectivity index is 2.06. The predicted octanol–water partition coefficient (Wildman–Crippen LogP) is 3.84. The van der Waals surface area contributed by atoms with Crippen molar-refractivity contribution in [2.75, 3.05) is 18.0 Å². The van der Waals surface area contributed by atoms with Crippen molar-refractivity contribution >= 4 is 22.4 Å². The number of aromatic nitrogens is 1. The molecule has 4 nitrogen and oxygen atoms in total. The minimum absolute atomic E-state index is 0.150. The molecule has 132 valence electrons. The lowest BCUT2D eigenvalue weighted by molar-refractivity contribution is 0.101. The molecule has 0 radical (unpaired) electrons. The van der Waals surface area contributed by atoms with E-state index < -0.39 is 0 Å². The number of benzene rings is 1. The second-order valence-electron chi connectivity index (χ2n) is 7.35. The molecule has 2 aromatic rings. The average Bonchev–Trinajstić information content (AvgIpc) is 2.60. The van der Waals surface area contributed by atoms with Crippen LogP contribution in [-0.4, -0.2) is 23.4 Å². The molecule has 0 spiro atoms. The summed E-state index contributed by atoms with van der Waals surface area (Å²) in [5.41, 5.74) is 2.22. The summed E-state index contributed by atoms with van der Waals surface area (Å²) in [7, 11) is 0. The van der Waals surface area contributed by atoms with E-state index in [0.29, 0.717) is 11.1 Å². The van der Waals surface area contributed by atoms with Crippen LogP contribution in [0.4, 0.5) is 10.1 Å². The number of piperidine rings is 1. The number of aryl methyl sites for hydroxylation is 1. The lowest BCUT2D eigenvalue weighted by atomic mass is 9.92. The highest BCUT2D eigenvalue weighted by molar-refractivity contribution is 5.98. The van der Waals surface area contributed by atoms with Gasteiger partial charge < -0.3 is 9.47 Å². The molecule has 0 aliphatic carbocycles. The summed E-state index contributed by atoms with van der Waals surface area (Å²) in [6.07, 6.45) is 6.66. The highest BCUT2D eigenvalue weighted by atomic mass is 19.1. The number of carbonyl (C=O) groups is 1. The van der Waals surface area contributed by atoms with Gasteiger partial charge in [0.25, 0.3) is 0 Å². The van der Waals surface area contributed by atoms with E-state index in [1.54, 1.807) is 6.20 Å². The van der Waals surface area contributed by atoms with E-state index in [1.807, 2.05) is 4.57 Å². The third kappa shape index (κ3) is 2.48. The number of rotatable bonds is 2. The molecule has 0 N–H and O–H groups in total. The zero-order valence-electron chi connectivity index (χ0n) is 14.8. The first-order chi connectivity index (χ1) is 12.0. The molecule has 1 unspecified atom stereocenters. The van der Waals surface area contributed by atoms with Crippen LogP contribution in [0.5, 0.6) is 0 Å². The molecule has 0 bridgehead atoms. The summed E-state index contributed by atoms with van der Waals surface area (Å²) in [6, 6.07) is 1.54. The maximum Gasteiger partial charge on any atom is 0.200 e. The van der Waals surface area contributed by atoms with Gasteiger partial charge in [-0.3, -0.25) is 9.59 Å². The molecule has 1 aromatic carbocycles. The van der Waals surface area contributed by atoms with E-state index in [-0.39, 0.29) is 28.6 Å². The topological polar surface area (TPSA) is 42.3 Å². The van der Waals surface area contributed by atoms with E-state index in [1.165, 1.54) is 19.4 Å². The summed E-state index contributed by atoms with van der Waals surface area (Å²) in [5.74, 6) is -0.598. The summed E-state index contributed by atoms with van der Waals surface area (Å²) < 4.78 is 17.1. The highest BCUT2D eigenvalue weighted by Gasteiger charge is 2.28. The van der Waals surface area contributed by atoms with Gasteiger partial charge >= 0.3 is 0 Å². The van der Waals surface area contributed by atoms with Crippen molar-refractivity contribution in [1.82, 2.24) is 4.57 Å². The molecule has 5 heteroatoms. The normalized spacial score (nSPS) is 20.1. The van der Waals surface area contributed by atoms with Crippen molar-refractivity contribution in [3.8, 4) is 0 Å². The van der Waals surface area contributed by atoms with Crippen LogP contribution in [0.3, 0.4) is 0 Å². The fourth-order valence-electron chi connectivity index (χ4n) is 4.34. The zero-order valence-corrected chi connectivity index (χ0v) is 14.8. The maximum atomic E-state index is 15.0. The molecule has 0 amide bonds. The largest absolute Gasteiger partial charge is 0.369 e. The monoisotopic (exact) mass is 342 g/mol. The van der Waals surface area contributed by atoms with E-state index in [0.717, 1.165) is 49.9 Å². The molecule has 1 fully saturated rings. The van der Waals surface area contributed by atoms with Crippen LogP contribution in [0.25, 0.3) is 10.9 Å². The molecule has 2 aliphatic heterocycles. The van der Waals surface area contributed by atoms with Crippen LogP contribution in [-0.2, 0) is 6.42 Å². The van der Waals surface area contributed by atoms with Gasteiger partial charge in [-0.1, -0.05) is 0 Å². The summed E-state index contributed by atoms with van der Waals surface area (Å²) in [6.45, 7) is 5.20. The van der Waals surface area contributed by atoms with Crippen LogP contribution in [0.15, 0.2) is 17.1 Å². The molecule has 1 aromatic heterocycles. The Labute approximate surface area is 146 Å². The molecule has 4 rings (SSSR count). The molecule has 1 saturated heterocycles. The second kappa shape index (κ2) is 5.97. The zero-order chi connectivity index (χ0) is 17.7. The van der Waals surface area contributed by atoms with Crippen molar-refractivity contribution < 1.29 is 9.18 Å². The van der Waals surface area contributed by atoms with Gasteiger partial charge in [0.1, 0.15) is 5.82 Å². The predicted molar refractivity (Wildman–Crippen MR) is 97.3 cm³/mol. The van der Waals surface area contributed by atoms with Crippen LogP contribution in [0, 0.1) is 5.82 Å². The Bertz CT molecular complexity index is 926. The summed E-state index contributed by atoms with van der Waals surface area (Å²) in [4.78, 5) is 26.8. The minimum atomic E-state index is -0.349. The molecular weight excluding hydrogens is 319 g/mol. The molecule has 3 heterocycles. The number of halogens is 1. The SMILES string of the molecule is CC(=O)c1cn2c3c(c(N4CCCCC4)c(F)cc3c1=O)CCC2C. The lowest BCUT2D eigenvalue weighted by Crippen LogP contribution is -2.32. The number of nitrogens with zero attached hydrogens (tertiary/aromatic N) is 2. The van der Waals surface area contributed by atoms with Gasteiger partial charge in [0.05, 0.1) is 16.8 Å². The van der Waals surface area contributed by atoms with E-state index >= 15 is 4.39 Å². The quantitative estimate of drug-likeness (QED) is 0.779. The first-order valence-electron chi connectivity index (χ1n) is 9.15. The molecule has 0 saturated carbocycles. The number of hydrogen-bond acceptors (Lipinski definition) is 3. The van der Waals surface area contributed by atoms with Crippen molar-refractivity contribution in [3.63, 3.8) is 0 Å². The third-order valence-corrected chi connectivity index (χ3v) is 5.68. The van der Waals surface area contributed by atoms with Crippen LogP contribution in [0.1, 0.15) is 61.5 Å². The molecule has 1 atom stereocenters. The molecular formula is C20H23FN2O2. The van der Waals surface area contributed by atoms with E-state index in [9.17, 15) is 9.59 Å². The Morgan fingerprint density at radius 2 is 1.96 bits per heavy atom. The number of hydrogen-bond donors (Lipinski definition) is 0. The molecule has 2 aliphatic rings. The standard InChI is InChI=1S/C20H23FN2O2/c1-12-6-7-14-18-15(20(25)16(13(2)24)11-23(12)18)10-17(21)19(14)22-8-4-3-5-9-22/h10-12H,3-9H2,1-2H3. The fourth-order valence-corrected chi connectivity index (χ4v) is 4.34. The number of Topliss-reactive ketones (excluding diaryl/α,β-unsaturated/α-hetero) is 1. The van der Waals surface area contributed by atoms with Crippen LogP contribution >= 0.6 is 0 Å². The number of carbonyl (C=O) groups excluding carboxylic acids is 1. The molecule has 25 heavy (non-hydrogen) atoms. The highest BCUT2D eigenvalue weighted by Crippen LogP contribution is 2.38. The van der Waals surface area contributed by atoms with Gasteiger partial charge in [-0.25, -0.2) is 4.39 Å². The van der Waals surface area contributed by atoms with Gasteiger partial charge in [0.2, 0.25) is 0 Å². The second-order valence-corrected chi connectivity index (χ2v) is 7.35. The van der Waals surface area contributed by atoms with Crippen LogP contribution in [0.2, 0.25) is 0 Å². The first kappa shape index (κ1) is 16.3. The third-order valence-electron chi connectivity index (χ3n) is 5.68. The van der Waals surface area contributed by atoms with Crippen LogP contribution < -0.4 is 10.3 Å². The Morgan fingerprint density at radius 3 is 2.64 bits per heavy atom. The average molecular weight is 342 g/mol. The minimum Gasteiger partial charge on any atom is -0.369 e.